The molecule has 0 spiro atoms. The number of benzene rings is 3. The van der Waals surface area contributed by atoms with Gasteiger partial charge in [0.15, 0.2) is 0 Å². The van der Waals surface area contributed by atoms with Gasteiger partial charge in [-0.3, -0.25) is 4.79 Å². The third kappa shape index (κ3) is 3.72. The van der Waals surface area contributed by atoms with E-state index in [0.29, 0.717) is 17.9 Å². The van der Waals surface area contributed by atoms with Gasteiger partial charge >= 0.3 is 0 Å². The molecular weight excluding hydrogens is 322 g/mol. The summed E-state index contributed by atoms with van der Waals surface area (Å²) in [5, 5.41) is 2.09. The van der Waals surface area contributed by atoms with Gasteiger partial charge in [-0.25, -0.2) is 0 Å². The lowest BCUT2D eigenvalue weighted by atomic mass is 10.00. The predicted molar refractivity (Wildman–Crippen MR) is 107 cm³/mol. The highest BCUT2D eigenvalue weighted by atomic mass is 16.5. The van der Waals surface area contributed by atoms with Crippen molar-refractivity contribution in [2.75, 3.05) is 7.11 Å². The summed E-state index contributed by atoms with van der Waals surface area (Å²) >= 11 is 0. The Morgan fingerprint density at radius 3 is 2.08 bits per heavy atom. The minimum absolute atomic E-state index is 0.0241. The molecule has 0 radical (unpaired) electrons. The Balaban J connectivity index is 2.05. The highest BCUT2D eigenvalue weighted by molar-refractivity contribution is 6.02. The Labute approximate surface area is 155 Å². The normalized spacial score (nSPS) is 11.4. The number of methoxy groups -OCH3 is 1. The average molecular weight is 347 g/mol. The number of rotatable bonds is 4. The molecule has 0 saturated heterocycles. The van der Waals surface area contributed by atoms with Gasteiger partial charge in [-0.05, 0) is 49.2 Å². The molecule has 3 heteroatoms. The quantitative estimate of drug-likeness (QED) is 0.642. The third-order valence-electron chi connectivity index (χ3n) is 4.54. The number of hydrogen-bond donors (Lipinski definition) is 0. The SMILES string of the molecule is COc1cc2ccccc2cc1C(=O)N(Cc1ccccc1)C(C)(C)C. The molecule has 134 valence electrons. The molecule has 3 rings (SSSR count). The standard InChI is InChI=1S/C23H25NO2/c1-23(2,3)24(16-17-10-6-5-7-11-17)22(25)20-14-18-12-8-9-13-19(18)15-21(20)26-4/h5-15H,16H2,1-4H3. The van der Waals surface area contributed by atoms with Crippen molar-refractivity contribution in [3.8, 4) is 5.75 Å². The molecule has 0 fully saturated rings. The topological polar surface area (TPSA) is 29.5 Å². The molecular formula is C23H25NO2. The van der Waals surface area contributed by atoms with Crippen molar-refractivity contribution in [2.24, 2.45) is 0 Å². The summed E-state index contributed by atoms with van der Waals surface area (Å²) in [6.07, 6.45) is 0. The molecule has 0 saturated carbocycles. The van der Waals surface area contributed by atoms with Gasteiger partial charge < -0.3 is 9.64 Å². The van der Waals surface area contributed by atoms with Gasteiger partial charge in [-0.2, -0.15) is 0 Å². The van der Waals surface area contributed by atoms with Crippen LogP contribution in [0.2, 0.25) is 0 Å². The van der Waals surface area contributed by atoms with Crippen LogP contribution in [0.4, 0.5) is 0 Å². The molecule has 0 aliphatic heterocycles. The molecule has 3 nitrogen and oxygen atoms in total. The fourth-order valence-corrected chi connectivity index (χ4v) is 3.08. The van der Waals surface area contributed by atoms with Gasteiger partial charge in [0.1, 0.15) is 5.75 Å². The van der Waals surface area contributed by atoms with E-state index in [-0.39, 0.29) is 11.4 Å². The maximum absolute atomic E-state index is 13.5. The average Bonchev–Trinajstić information content (AvgIpc) is 2.64. The Hall–Kier alpha value is -2.81. The number of carbonyl (C=O) groups excluding carboxylic acids is 1. The summed E-state index contributed by atoms with van der Waals surface area (Å²) in [6, 6.07) is 21.9. The van der Waals surface area contributed by atoms with Crippen LogP contribution in [-0.4, -0.2) is 23.5 Å². The van der Waals surface area contributed by atoms with E-state index in [0.717, 1.165) is 16.3 Å². The van der Waals surface area contributed by atoms with Gasteiger partial charge in [-0.1, -0.05) is 54.6 Å². The fourth-order valence-electron chi connectivity index (χ4n) is 3.08. The lowest BCUT2D eigenvalue weighted by molar-refractivity contribution is 0.0556. The Kier molecular flexibility index (Phi) is 4.99. The zero-order valence-corrected chi connectivity index (χ0v) is 15.8. The molecule has 0 aromatic heterocycles. The van der Waals surface area contributed by atoms with Crippen LogP contribution < -0.4 is 4.74 Å². The van der Waals surface area contributed by atoms with Crippen LogP contribution in [-0.2, 0) is 6.54 Å². The van der Waals surface area contributed by atoms with Crippen molar-refractivity contribution < 1.29 is 9.53 Å². The summed E-state index contributed by atoms with van der Waals surface area (Å²) in [6.45, 7) is 6.73. The summed E-state index contributed by atoms with van der Waals surface area (Å²) in [4.78, 5) is 15.4. The van der Waals surface area contributed by atoms with Gasteiger partial charge in [0.25, 0.3) is 5.91 Å². The predicted octanol–water partition coefficient (Wildman–Crippen LogP) is 5.29. The second kappa shape index (κ2) is 7.20. The molecule has 0 N–H and O–H groups in total. The maximum atomic E-state index is 13.5. The van der Waals surface area contributed by atoms with Crippen molar-refractivity contribution in [3.63, 3.8) is 0 Å². The first-order chi connectivity index (χ1) is 12.4. The molecule has 0 bridgehead atoms. The van der Waals surface area contributed by atoms with Crippen molar-refractivity contribution >= 4 is 16.7 Å². The van der Waals surface area contributed by atoms with E-state index in [4.69, 9.17) is 4.74 Å². The zero-order chi connectivity index (χ0) is 18.7. The van der Waals surface area contributed by atoms with E-state index in [1.807, 2.05) is 71.6 Å². The zero-order valence-electron chi connectivity index (χ0n) is 15.8. The molecule has 0 unspecified atom stereocenters. The van der Waals surface area contributed by atoms with Crippen molar-refractivity contribution in [3.05, 3.63) is 77.9 Å². The third-order valence-corrected chi connectivity index (χ3v) is 4.54. The van der Waals surface area contributed by atoms with Crippen molar-refractivity contribution in [1.29, 1.82) is 0 Å². The highest BCUT2D eigenvalue weighted by Crippen LogP contribution is 2.30. The van der Waals surface area contributed by atoms with Crippen LogP contribution in [0.3, 0.4) is 0 Å². The van der Waals surface area contributed by atoms with Crippen LogP contribution in [0.25, 0.3) is 10.8 Å². The molecule has 3 aromatic carbocycles. The monoisotopic (exact) mass is 347 g/mol. The smallest absolute Gasteiger partial charge is 0.258 e. The van der Waals surface area contributed by atoms with Crippen LogP contribution in [0.15, 0.2) is 66.7 Å². The van der Waals surface area contributed by atoms with Crippen LogP contribution >= 0.6 is 0 Å². The minimum Gasteiger partial charge on any atom is -0.496 e. The summed E-state index contributed by atoms with van der Waals surface area (Å²) in [7, 11) is 1.61. The number of nitrogens with zero attached hydrogens (tertiary/aromatic N) is 1. The number of carbonyl (C=O) groups is 1. The number of fused-ring (bicyclic) bond motifs is 1. The fraction of sp³-hybridized carbons (Fsp3) is 0.261. The molecule has 0 heterocycles. The van der Waals surface area contributed by atoms with Crippen LogP contribution in [0.5, 0.6) is 5.75 Å². The van der Waals surface area contributed by atoms with Gasteiger partial charge in [-0.15, -0.1) is 0 Å². The van der Waals surface area contributed by atoms with Gasteiger partial charge in [0.2, 0.25) is 0 Å². The largest absolute Gasteiger partial charge is 0.496 e. The molecule has 1 amide bonds. The number of amides is 1. The Morgan fingerprint density at radius 2 is 1.50 bits per heavy atom. The number of ether oxygens (including phenoxy) is 1. The molecule has 26 heavy (non-hydrogen) atoms. The first-order valence-corrected chi connectivity index (χ1v) is 8.83. The highest BCUT2D eigenvalue weighted by Gasteiger charge is 2.29. The van der Waals surface area contributed by atoms with Crippen molar-refractivity contribution in [2.45, 2.75) is 32.9 Å². The lowest BCUT2D eigenvalue weighted by Crippen LogP contribution is -2.45. The van der Waals surface area contributed by atoms with E-state index in [9.17, 15) is 4.79 Å². The van der Waals surface area contributed by atoms with Gasteiger partial charge in [0, 0.05) is 12.1 Å². The van der Waals surface area contributed by atoms with E-state index in [1.54, 1.807) is 7.11 Å². The lowest BCUT2D eigenvalue weighted by Gasteiger charge is -2.36. The van der Waals surface area contributed by atoms with E-state index >= 15 is 0 Å². The van der Waals surface area contributed by atoms with Crippen LogP contribution in [0, 0.1) is 0 Å². The van der Waals surface area contributed by atoms with E-state index in [2.05, 4.69) is 20.8 Å². The molecule has 0 aliphatic carbocycles. The van der Waals surface area contributed by atoms with E-state index in [1.165, 1.54) is 0 Å². The molecule has 0 aliphatic rings. The minimum atomic E-state index is -0.316. The maximum Gasteiger partial charge on any atom is 0.258 e. The second-order valence-electron chi connectivity index (χ2n) is 7.45. The van der Waals surface area contributed by atoms with Crippen LogP contribution in [0.1, 0.15) is 36.7 Å². The van der Waals surface area contributed by atoms with Crippen molar-refractivity contribution in [1.82, 2.24) is 4.90 Å². The first-order valence-electron chi connectivity index (χ1n) is 8.83. The summed E-state index contributed by atoms with van der Waals surface area (Å²) in [5.41, 5.74) is 1.39. The van der Waals surface area contributed by atoms with E-state index < -0.39 is 0 Å². The summed E-state index contributed by atoms with van der Waals surface area (Å²) in [5.74, 6) is 0.583. The Morgan fingerprint density at radius 1 is 0.923 bits per heavy atom. The first kappa shape index (κ1) is 18.0. The van der Waals surface area contributed by atoms with Gasteiger partial charge in [0.05, 0.1) is 12.7 Å². The molecule has 3 aromatic rings. The molecule has 0 atom stereocenters. The number of hydrogen-bond acceptors (Lipinski definition) is 2. The second-order valence-corrected chi connectivity index (χ2v) is 7.45. The Bertz CT molecular complexity index is 910. The summed E-state index contributed by atoms with van der Waals surface area (Å²) < 4.78 is 5.54.